The summed E-state index contributed by atoms with van der Waals surface area (Å²) in [6.07, 6.45) is 5.52. The minimum atomic E-state index is 0.598. The second kappa shape index (κ2) is 5.32. The van der Waals surface area contributed by atoms with Gasteiger partial charge >= 0.3 is 0 Å². The number of hydrogen-bond acceptors (Lipinski definition) is 5. The molecule has 3 aromatic rings. The van der Waals surface area contributed by atoms with Gasteiger partial charge in [-0.15, -0.1) is 0 Å². The van der Waals surface area contributed by atoms with Crippen molar-refractivity contribution in [1.29, 1.82) is 0 Å². The Morgan fingerprint density at radius 2 is 1.95 bits per heavy atom. The second-order valence-corrected chi connectivity index (χ2v) is 4.84. The average Bonchev–Trinajstić information content (AvgIpc) is 2.94. The van der Waals surface area contributed by atoms with Crippen molar-refractivity contribution in [2.24, 2.45) is 7.05 Å². The summed E-state index contributed by atoms with van der Waals surface area (Å²) in [4.78, 5) is 13.5. The van der Waals surface area contributed by atoms with Crippen LogP contribution in [0.3, 0.4) is 0 Å². The third kappa shape index (κ3) is 2.74. The van der Waals surface area contributed by atoms with Gasteiger partial charge in [-0.2, -0.15) is 5.10 Å². The summed E-state index contributed by atoms with van der Waals surface area (Å²) in [6, 6.07) is 5.83. The predicted octanol–water partition coefficient (Wildman–Crippen LogP) is 2.29. The van der Waals surface area contributed by atoms with Gasteiger partial charge in [-0.3, -0.25) is 9.67 Å². The number of aryl methyl sites for hydroxylation is 2. The van der Waals surface area contributed by atoms with Gasteiger partial charge in [-0.25, -0.2) is 9.97 Å². The number of aromatic nitrogens is 5. The summed E-state index contributed by atoms with van der Waals surface area (Å²) in [7, 11) is 3.72. The summed E-state index contributed by atoms with van der Waals surface area (Å²) in [5, 5.41) is 7.24. The standard InChI is InChI=1S/C15H16N6/c1-10-4-5-12(17-7-10)15-19-13(6-14(16-2)20-15)11-8-18-21(3)9-11/h4-9H,1-3H3,(H,16,19,20). The first-order valence-electron chi connectivity index (χ1n) is 6.64. The molecule has 6 heteroatoms. The second-order valence-electron chi connectivity index (χ2n) is 4.84. The molecule has 6 nitrogen and oxygen atoms in total. The van der Waals surface area contributed by atoms with Crippen molar-refractivity contribution in [3.63, 3.8) is 0 Å². The van der Waals surface area contributed by atoms with Crippen molar-refractivity contribution in [1.82, 2.24) is 24.7 Å². The minimum absolute atomic E-state index is 0.598. The van der Waals surface area contributed by atoms with Gasteiger partial charge in [0.25, 0.3) is 0 Å². The third-order valence-corrected chi connectivity index (χ3v) is 3.12. The zero-order valence-electron chi connectivity index (χ0n) is 12.2. The molecule has 106 valence electrons. The van der Waals surface area contributed by atoms with E-state index in [1.165, 1.54) is 0 Å². The topological polar surface area (TPSA) is 68.5 Å². The van der Waals surface area contributed by atoms with Gasteiger partial charge in [0.1, 0.15) is 11.5 Å². The lowest BCUT2D eigenvalue weighted by atomic mass is 10.2. The van der Waals surface area contributed by atoms with Crippen LogP contribution in [0, 0.1) is 6.92 Å². The van der Waals surface area contributed by atoms with Crippen molar-refractivity contribution in [3.8, 4) is 22.8 Å². The fraction of sp³-hybridized carbons (Fsp3) is 0.200. The van der Waals surface area contributed by atoms with Crippen LogP contribution in [0.2, 0.25) is 0 Å². The van der Waals surface area contributed by atoms with Crippen LogP contribution in [0.5, 0.6) is 0 Å². The molecule has 3 heterocycles. The molecule has 0 unspecified atom stereocenters. The highest BCUT2D eigenvalue weighted by Crippen LogP contribution is 2.22. The molecule has 3 rings (SSSR count). The molecule has 0 bridgehead atoms. The van der Waals surface area contributed by atoms with Crippen molar-refractivity contribution >= 4 is 5.82 Å². The molecule has 0 aliphatic heterocycles. The lowest BCUT2D eigenvalue weighted by Crippen LogP contribution is -1.99. The van der Waals surface area contributed by atoms with Gasteiger partial charge in [0, 0.05) is 38.1 Å². The Balaban J connectivity index is 2.10. The minimum Gasteiger partial charge on any atom is -0.373 e. The van der Waals surface area contributed by atoms with E-state index in [1.807, 2.05) is 51.6 Å². The van der Waals surface area contributed by atoms with Gasteiger partial charge in [0.2, 0.25) is 0 Å². The normalized spacial score (nSPS) is 10.6. The SMILES string of the molecule is CNc1cc(-c2cnn(C)c2)nc(-c2ccc(C)cn2)n1. The highest BCUT2D eigenvalue weighted by Gasteiger charge is 2.10. The number of anilines is 1. The van der Waals surface area contributed by atoms with Gasteiger partial charge in [0.05, 0.1) is 11.9 Å². The molecule has 0 aliphatic rings. The number of hydrogen-bond donors (Lipinski definition) is 1. The first-order chi connectivity index (χ1) is 10.2. The lowest BCUT2D eigenvalue weighted by molar-refractivity contribution is 0.768. The fourth-order valence-electron chi connectivity index (χ4n) is 1.99. The maximum Gasteiger partial charge on any atom is 0.180 e. The summed E-state index contributed by atoms with van der Waals surface area (Å²) in [6.45, 7) is 2.00. The van der Waals surface area contributed by atoms with Crippen LogP contribution < -0.4 is 5.32 Å². The molecular weight excluding hydrogens is 264 g/mol. The molecule has 21 heavy (non-hydrogen) atoms. The molecule has 0 aliphatic carbocycles. The summed E-state index contributed by atoms with van der Waals surface area (Å²) >= 11 is 0. The van der Waals surface area contributed by atoms with E-state index in [9.17, 15) is 0 Å². The Morgan fingerprint density at radius 1 is 1.10 bits per heavy atom. The fourth-order valence-corrected chi connectivity index (χ4v) is 1.99. The Kier molecular flexibility index (Phi) is 3.35. The monoisotopic (exact) mass is 280 g/mol. The maximum absolute atomic E-state index is 4.60. The van der Waals surface area contributed by atoms with E-state index in [0.717, 1.165) is 28.3 Å². The Bertz CT molecular complexity index is 760. The molecule has 0 atom stereocenters. The Hall–Kier alpha value is -2.76. The van der Waals surface area contributed by atoms with Crippen LogP contribution >= 0.6 is 0 Å². The number of rotatable bonds is 3. The molecule has 0 saturated heterocycles. The lowest BCUT2D eigenvalue weighted by Gasteiger charge is -2.06. The van der Waals surface area contributed by atoms with Crippen molar-refractivity contribution in [3.05, 3.63) is 42.4 Å². The largest absolute Gasteiger partial charge is 0.373 e. The zero-order valence-corrected chi connectivity index (χ0v) is 12.2. The molecule has 3 aromatic heterocycles. The van der Waals surface area contributed by atoms with Crippen LogP contribution in [0.25, 0.3) is 22.8 Å². The van der Waals surface area contributed by atoms with E-state index in [0.29, 0.717) is 5.82 Å². The summed E-state index contributed by atoms with van der Waals surface area (Å²) < 4.78 is 1.75. The van der Waals surface area contributed by atoms with E-state index in [2.05, 4.69) is 25.4 Å². The van der Waals surface area contributed by atoms with Crippen LogP contribution in [0.4, 0.5) is 5.82 Å². The molecule has 1 N–H and O–H groups in total. The molecule has 0 amide bonds. The van der Waals surface area contributed by atoms with E-state index in [4.69, 9.17) is 0 Å². The van der Waals surface area contributed by atoms with E-state index >= 15 is 0 Å². The maximum atomic E-state index is 4.60. The summed E-state index contributed by atoms with van der Waals surface area (Å²) in [5.41, 5.74) is 3.63. The van der Waals surface area contributed by atoms with Crippen LogP contribution in [0.1, 0.15) is 5.56 Å². The summed E-state index contributed by atoms with van der Waals surface area (Å²) in [5.74, 6) is 1.35. The Labute approximate surface area is 122 Å². The Morgan fingerprint density at radius 3 is 2.57 bits per heavy atom. The van der Waals surface area contributed by atoms with Crippen molar-refractivity contribution in [2.75, 3.05) is 12.4 Å². The van der Waals surface area contributed by atoms with E-state index in [1.54, 1.807) is 10.9 Å². The molecular formula is C15H16N6. The van der Waals surface area contributed by atoms with E-state index in [-0.39, 0.29) is 0 Å². The highest BCUT2D eigenvalue weighted by molar-refractivity contribution is 5.65. The predicted molar refractivity (Wildman–Crippen MR) is 81.7 cm³/mol. The molecule has 0 radical (unpaired) electrons. The number of pyridine rings is 1. The average molecular weight is 280 g/mol. The van der Waals surface area contributed by atoms with Gasteiger partial charge in [-0.05, 0) is 18.6 Å². The first kappa shape index (κ1) is 13.2. The van der Waals surface area contributed by atoms with Crippen LogP contribution in [-0.4, -0.2) is 31.8 Å². The van der Waals surface area contributed by atoms with Gasteiger partial charge < -0.3 is 5.32 Å². The highest BCUT2D eigenvalue weighted by atomic mass is 15.2. The van der Waals surface area contributed by atoms with E-state index < -0.39 is 0 Å². The molecule has 0 spiro atoms. The van der Waals surface area contributed by atoms with Crippen molar-refractivity contribution in [2.45, 2.75) is 6.92 Å². The van der Waals surface area contributed by atoms with Crippen LogP contribution in [0.15, 0.2) is 36.8 Å². The smallest absolute Gasteiger partial charge is 0.180 e. The van der Waals surface area contributed by atoms with Crippen LogP contribution in [-0.2, 0) is 7.05 Å². The molecule has 0 saturated carbocycles. The molecule has 0 fully saturated rings. The third-order valence-electron chi connectivity index (χ3n) is 3.12. The van der Waals surface area contributed by atoms with Gasteiger partial charge in [-0.1, -0.05) is 6.07 Å². The first-order valence-corrected chi connectivity index (χ1v) is 6.64. The number of nitrogens with one attached hydrogen (secondary N) is 1. The zero-order chi connectivity index (χ0) is 14.8. The van der Waals surface area contributed by atoms with Gasteiger partial charge in [0.15, 0.2) is 5.82 Å². The quantitative estimate of drug-likeness (QED) is 0.797. The number of nitrogens with zero attached hydrogens (tertiary/aromatic N) is 5. The molecule has 0 aromatic carbocycles. The van der Waals surface area contributed by atoms with Crippen molar-refractivity contribution < 1.29 is 0 Å².